The lowest BCUT2D eigenvalue weighted by molar-refractivity contribution is 1.26. The van der Waals surface area contributed by atoms with Gasteiger partial charge in [-0.3, -0.25) is 15.0 Å². The minimum absolute atomic E-state index is 0.693. The highest BCUT2D eigenvalue weighted by atomic mass is 14.9. The fraction of sp³-hybridized carbons (Fsp3) is 0.0769. The minimum atomic E-state index is 0.693. The highest BCUT2D eigenvalue weighted by molar-refractivity contribution is 5.94. The van der Waals surface area contributed by atoms with Gasteiger partial charge in [0.15, 0.2) is 0 Å². The molecule has 1 aromatic carbocycles. The number of rotatable bonds is 6. The average Bonchev–Trinajstić information content (AvgIpc) is 3.33. The van der Waals surface area contributed by atoms with E-state index in [1.165, 1.54) is 0 Å². The number of hydrogen-bond donors (Lipinski definition) is 3. The van der Waals surface area contributed by atoms with Crippen molar-refractivity contribution in [1.82, 2.24) is 24.9 Å². The first-order valence-corrected chi connectivity index (χ1v) is 10.6. The van der Waals surface area contributed by atoms with Crippen molar-refractivity contribution >= 4 is 28.0 Å². The van der Waals surface area contributed by atoms with E-state index in [9.17, 15) is 0 Å². The van der Waals surface area contributed by atoms with E-state index in [0.29, 0.717) is 5.82 Å². The van der Waals surface area contributed by atoms with E-state index >= 15 is 0 Å². The van der Waals surface area contributed by atoms with E-state index in [2.05, 4.69) is 55.3 Å². The average molecular weight is 434 g/mol. The monoisotopic (exact) mass is 433 g/mol. The molecule has 0 fully saturated rings. The second kappa shape index (κ2) is 8.55. The standard InChI is InChI=1S/C26H23N7/c1-16(21-10-17(6-7-23(21)28-3)19-9-20(27-2)13-30-12-19)26-32-24-15-31-14-22(25(24)33-26)18-5-4-8-29-11-18/h4-15,27-28H,1H2,2-3H3,(H,32,33). The van der Waals surface area contributed by atoms with Gasteiger partial charge in [0.2, 0.25) is 0 Å². The topological polar surface area (TPSA) is 91.4 Å². The fourth-order valence-corrected chi connectivity index (χ4v) is 3.86. The normalized spacial score (nSPS) is 10.8. The Morgan fingerprint density at radius 1 is 0.848 bits per heavy atom. The van der Waals surface area contributed by atoms with Crippen molar-refractivity contribution in [1.29, 1.82) is 0 Å². The molecule has 4 heterocycles. The summed E-state index contributed by atoms with van der Waals surface area (Å²) in [6, 6.07) is 12.2. The van der Waals surface area contributed by atoms with Crippen LogP contribution >= 0.6 is 0 Å². The number of aromatic amines is 1. The second-order valence-electron chi connectivity index (χ2n) is 7.61. The van der Waals surface area contributed by atoms with Gasteiger partial charge in [0.25, 0.3) is 0 Å². The number of fused-ring (bicyclic) bond motifs is 1. The predicted molar refractivity (Wildman–Crippen MR) is 134 cm³/mol. The second-order valence-corrected chi connectivity index (χ2v) is 7.61. The van der Waals surface area contributed by atoms with Gasteiger partial charge in [0.1, 0.15) is 5.82 Å². The van der Waals surface area contributed by atoms with Crippen LogP contribution in [0, 0.1) is 0 Å². The van der Waals surface area contributed by atoms with Gasteiger partial charge in [-0.1, -0.05) is 18.7 Å². The summed E-state index contributed by atoms with van der Waals surface area (Å²) in [5.74, 6) is 0.693. The van der Waals surface area contributed by atoms with Crippen LogP contribution < -0.4 is 10.6 Å². The first-order valence-electron chi connectivity index (χ1n) is 10.6. The molecule has 0 unspecified atom stereocenters. The third-order valence-corrected chi connectivity index (χ3v) is 5.63. The van der Waals surface area contributed by atoms with E-state index in [0.717, 1.165) is 55.8 Å². The van der Waals surface area contributed by atoms with Crippen LogP contribution in [0.4, 0.5) is 11.4 Å². The quantitative estimate of drug-likeness (QED) is 0.340. The van der Waals surface area contributed by atoms with E-state index in [1.807, 2.05) is 50.9 Å². The predicted octanol–water partition coefficient (Wildman–Crippen LogP) is 5.23. The van der Waals surface area contributed by atoms with Crippen molar-refractivity contribution in [2.75, 3.05) is 24.7 Å². The number of nitrogens with zero attached hydrogens (tertiary/aromatic N) is 4. The van der Waals surface area contributed by atoms with Crippen LogP contribution in [-0.4, -0.2) is 39.0 Å². The fourth-order valence-electron chi connectivity index (χ4n) is 3.86. The maximum Gasteiger partial charge on any atom is 0.138 e. The van der Waals surface area contributed by atoms with Gasteiger partial charge in [-0.15, -0.1) is 0 Å². The molecular formula is C26H23N7. The lowest BCUT2D eigenvalue weighted by Gasteiger charge is -2.13. The summed E-state index contributed by atoms with van der Waals surface area (Å²) in [5, 5.41) is 6.41. The highest BCUT2D eigenvalue weighted by Crippen LogP contribution is 2.34. The summed E-state index contributed by atoms with van der Waals surface area (Å²) in [6.45, 7) is 4.38. The van der Waals surface area contributed by atoms with Gasteiger partial charge in [-0.05, 0) is 29.8 Å². The number of H-pyrrole nitrogens is 1. The molecule has 0 saturated heterocycles. The van der Waals surface area contributed by atoms with Crippen molar-refractivity contribution in [2.24, 2.45) is 0 Å². The van der Waals surface area contributed by atoms with Gasteiger partial charge in [0, 0.05) is 78.6 Å². The molecule has 0 radical (unpaired) electrons. The summed E-state index contributed by atoms with van der Waals surface area (Å²) in [5.41, 5.74) is 9.30. The Hall–Kier alpha value is -4.52. The van der Waals surface area contributed by atoms with Crippen LogP contribution in [0.1, 0.15) is 11.4 Å². The number of pyridine rings is 3. The lowest BCUT2D eigenvalue weighted by Crippen LogP contribution is -1.98. The van der Waals surface area contributed by atoms with Gasteiger partial charge in [-0.25, -0.2) is 4.98 Å². The maximum atomic E-state index is 4.90. The minimum Gasteiger partial charge on any atom is -0.388 e. The zero-order valence-corrected chi connectivity index (χ0v) is 18.4. The summed E-state index contributed by atoms with van der Waals surface area (Å²) in [7, 11) is 3.78. The Morgan fingerprint density at radius 3 is 2.48 bits per heavy atom. The van der Waals surface area contributed by atoms with E-state index in [4.69, 9.17) is 4.98 Å². The number of nitrogens with one attached hydrogen (secondary N) is 3. The van der Waals surface area contributed by atoms with Gasteiger partial charge < -0.3 is 15.6 Å². The lowest BCUT2D eigenvalue weighted by atomic mass is 9.98. The Morgan fingerprint density at radius 2 is 1.70 bits per heavy atom. The summed E-state index contributed by atoms with van der Waals surface area (Å²) in [4.78, 5) is 21.2. The van der Waals surface area contributed by atoms with Crippen molar-refractivity contribution < 1.29 is 0 Å². The van der Waals surface area contributed by atoms with Gasteiger partial charge in [0.05, 0.1) is 22.9 Å². The Bertz CT molecular complexity index is 1450. The van der Waals surface area contributed by atoms with E-state index < -0.39 is 0 Å². The Labute approximate surface area is 191 Å². The molecule has 5 rings (SSSR count). The van der Waals surface area contributed by atoms with Crippen LogP contribution in [0.2, 0.25) is 0 Å². The molecule has 5 aromatic rings. The van der Waals surface area contributed by atoms with Crippen LogP contribution in [-0.2, 0) is 0 Å². The molecular weight excluding hydrogens is 410 g/mol. The molecule has 0 bridgehead atoms. The first kappa shape index (κ1) is 20.4. The summed E-state index contributed by atoms with van der Waals surface area (Å²) in [6.07, 6.45) is 10.8. The molecule has 0 aliphatic heterocycles. The summed E-state index contributed by atoms with van der Waals surface area (Å²) >= 11 is 0. The first-order chi connectivity index (χ1) is 16.2. The van der Waals surface area contributed by atoms with Crippen LogP contribution in [0.15, 0.2) is 80.2 Å². The molecule has 0 aliphatic rings. The van der Waals surface area contributed by atoms with E-state index in [1.54, 1.807) is 18.6 Å². The SMILES string of the molecule is C=C(c1nc2c(-c3cccnc3)cncc2[nH]1)c1cc(-c2cncc(NC)c2)ccc1NC. The number of imidazole rings is 1. The van der Waals surface area contributed by atoms with Crippen molar-refractivity contribution in [2.45, 2.75) is 0 Å². The number of aromatic nitrogens is 5. The van der Waals surface area contributed by atoms with Crippen molar-refractivity contribution in [3.63, 3.8) is 0 Å². The smallest absolute Gasteiger partial charge is 0.138 e. The largest absolute Gasteiger partial charge is 0.388 e. The van der Waals surface area contributed by atoms with Gasteiger partial charge in [-0.2, -0.15) is 0 Å². The van der Waals surface area contributed by atoms with Crippen LogP contribution in [0.5, 0.6) is 0 Å². The molecule has 0 aliphatic carbocycles. The van der Waals surface area contributed by atoms with Crippen LogP contribution in [0.3, 0.4) is 0 Å². The molecule has 0 spiro atoms. The molecule has 7 heteroatoms. The number of anilines is 2. The van der Waals surface area contributed by atoms with Crippen molar-refractivity contribution in [3.8, 4) is 22.3 Å². The molecule has 33 heavy (non-hydrogen) atoms. The molecule has 3 N–H and O–H groups in total. The molecule has 0 atom stereocenters. The highest BCUT2D eigenvalue weighted by Gasteiger charge is 2.16. The molecule has 0 amide bonds. The Balaban J connectivity index is 1.59. The van der Waals surface area contributed by atoms with Crippen LogP contribution in [0.25, 0.3) is 38.9 Å². The molecule has 0 saturated carbocycles. The third-order valence-electron chi connectivity index (χ3n) is 5.63. The zero-order chi connectivity index (χ0) is 22.8. The maximum absolute atomic E-state index is 4.90. The van der Waals surface area contributed by atoms with Crippen molar-refractivity contribution in [3.05, 3.63) is 91.5 Å². The molecule has 162 valence electrons. The molecule has 4 aromatic heterocycles. The summed E-state index contributed by atoms with van der Waals surface area (Å²) < 4.78 is 0. The Kier molecular flexibility index (Phi) is 5.28. The van der Waals surface area contributed by atoms with E-state index in [-0.39, 0.29) is 0 Å². The van der Waals surface area contributed by atoms with Gasteiger partial charge >= 0.3 is 0 Å². The third kappa shape index (κ3) is 3.80. The molecule has 7 nitrogen and oxygen atoms in total. The number of hydrogen-bond acceptors (Lipinski definition) is 6. The zero-order valence-electron chi connectivity index (χ0n) is 18.4. The number of benzene rings is 1.